The molecule has 2 heterocycles. The first-order valence-electron chi connectivity index (χ1n) is 11.0. The van der Waals surface area contributed by atoms with Gasteiger partial charge in [0.25, 0.3) is 0 Å². The van der Waals surface area contributed by atoms with Crippen LogP contribution in [0, 0.1) is 0 Å². The summed E-state index contributed by atoms with van der Waals surface area (Å²) in [5.74, 6) is -0.297. The molecule has 1 aliphatic rings. The lowest BCUT2D eigenvalue weighted by molar-refractivity contribution is -0.121. The van der Waals surface area contributed by atoms with Gasteiger partial charge in [0.05, 0.1) is 21.7 Å². The number of hydrogen-bond donors (Lipinski definition) is 0. The molecule has 0 bridgehead atoms. The number of rotatable bonds is 6. The summed E-state index contributed by atoms with van der Waals surface area (Å²) < 4.78 is 29.0. The molecule has 10 heteroatoms. The van der Waals surface area contributed by atoms with Crippen LogP contribution in [-0.2, 0) is 21.4 Å². The Hall–Kier alpha value is -2.49. The van der Waals surface area contributed by atoms with Crippen LogP contribution in [0.5, 0.6) is 0 Å². The van der Waals surface area contributed by atoms with Crippen LogP contribution in [0.4, 0.5) is 5.13 Å². The minimum absolute atomic E-state index is 0.117. The fourth-order valence-electron chi connectivity index (χ4n) is 4.20. The van der Waals surface area contributed by atoms with Gasteiger partial charge in [0.1, 0.15) is 6.04 Å². The zero-order chi connectivity index (χ0) is 24.6. The number of carbonyl (C=O) groups excluding carboxylic acids is 1. The molecule has 180 valence electrons. The summed E-state index contributed by atoms with van der Waals surface area (Å²) in [6.45, 7) is 0.550. The molecule has 6 nitrogen and oxygen atoms in total. The van der Waals surface area contributed by atoms with Gasteiger partial charge in [-0.25, -0.2) is 13.4 Å². The predicted molar refractivity (Wildman–Crippen MR) is 141 cm³/mol. The minimum atomic E-state index is -3.88. The number of anilines is 1. The molecule has 0 spiro atoms. The molecule has 3 aromatic carbocycles. The number of nitrogens with zero attached hydrogens (tertiary/aromatic N) is 3. The first-order chi connectivity index (χ1) is 16.8. The summed E-state index contributed by atoms with van der Waals surface area (Å²) in [6.07, 6.45) is 1.03. The SMILES string of the molecule is O=C(C1CCCN1S(=O)(=O)c1ccc(Cl)cc1)N(Cc1ccccc1)c1nc2ccc(Cl)cc2s1. The third-order valence-corrected chi connectivity index (χ3v) is 9.38. The molecule has 0 radical (unpaired) electrons. The smallest absolute Gasteiger partial charge is 0.247 e. The van der Waals surface area contributed by atoms with Crippen LogP contribution < -0.4 is 4.90 Å². The second-order valence-electron chi connectivity index (χ2n) is 8.25. The molecule has 0 saturated carbocycles. The van der Waals surface area contributed by atoms with E-state index >= 15 is 0 Å². The van der Waals surface area contributed by atoms with E-state index in [4.69, 9.17) is 23.2 Å². The zero-order valence-electron chi connectivity index (χ0n) is 18.5. The molecule has 1 amide bonds. The molecule has 5 rings (SSSR count). The second-order valence-corrected chi connectivity index (χ2v) is 12.0. The summed E-state index contributed by atoms with van der Waals surface area (Å²) >= 11 is 13.5. The number of carbonyl (C=O) groups is 1. The summed E-state index contributed by atoms with van der Waals surface area (Å²) in [5, 5.41) is 1.54. The van der Waals surface area contributed by atoms with E-state index in [2.05, 4.69) is 4.98 Å². The van der Waals surface area contributed by atoms with E-state index in [0.29, 0.717) is 28.0 Å². The van der Waals surface area contributed by atoms with Gasteiger partial charge in [0.15, 0.2) is 5.13 Å². The Morgan fingerprint density at radius 3 is 2.49 bits per heavy atom. The molecule has 1 unspecified atom stereocenters. The van der Waals surface area contributed by atoms with Crippen LogP contribution in [0.2, 0.25) is 10.0 Å². The maximum Gasteiger partial charge on any atom is 0.247 e. The third-order valence-electron chi connectivity index (χ3n) is 5.93. The summed E-state index contributed by atoms with van der Waals surface area (Å²) in [5.41, 5.74) is 1.65. The molecule has 0 aliphatic carbocycles. The van der Waals surface area contributed by atoms with Gasteiger partial charge in [-0.1, -0.05) is 64.9 Å². The van der Waals surface area contributed by atoms with Crippen molar-refractivity contribution in [2.75, 3.05) is 11.4 Å². The maximum atomic E-state index is 14.0. The van der Waals surface area contributed by atoms with Crippen molar-refractivity contribution < 1.29 is 13.2 Å². The largest absolute Gasteiger partial charge is 0.282 e. The van der Waals surface area contributed by atoms with Crippen molar-refractivity contribution in [2.45, 2.75) is 30.3 Å². The highest BCUT2D eigenvalue weighted by Crippen LogP contribution is 2.34. The fraction of sp³-hybridized carbons (Fsp3) is 0.200. The topological polar surface area (TPSA) is 70.6 Å². The number of halogens is 2. The highest BCUT2D eigenvalue weighted by atomic mass is 35.5. The Bertz CT molecular complexity index is 1480. The van der Waals surface area contributed by atoms with Gasteiger partial charge >= 0.3 is 0 Å². The first-order valence-corrected chi connectivity index (χ1v) is 14.0. The molecule has 1 aliphatic heterocycles. The van der Waals surface area contributed by atoms with Gasteiger partial charge < -0.3 is 0 Å². The number of sulfonamides is 1. The summed E-state index contributed by atoms with van der Waals surface area (Å²) in [7, 11) is -3.88. The lowest BCUT2D eigenvalue weighted by Gasteiger charge is -2.28. The van der Waals surface area contributed by atoms with Crippen molar-refractivity contribution in [3.05, 3.63) is 88.4 Å². The standard InChI is InChI=1S/C25H21Cl2N3O3S2/c26-18-8-11-20(12-9-18)35(32,33)30-14-4-7-22(30)24(31)29(16-17-5-2-1-3-6-17)25-28-21-13-10-19(27)15-23(21)34-25/h1-3,5-6,8-13,15,22H,4,7,14,16H2. The van der Waals surface area contributed by atoms with Gasteiger partial charge in [0.2, 0.25) is 15.9 Å². The Kier molecular flexibility index (Phi) is 6.83. The van der Waals surface area contributed by atoms with E-state index in [9.17, 15) is 13.2 Å². The lowest BCUT2D eigenvalue weighted by atomic mass is 10.1. The molecule has 1 saturated heterocycles. The van der Waals surface area contributed by atoms with Gasteiger partial charge in [-0.15, -0.1) is 0 Å². The Morgan fingerprint density at radius 1 is 1.03 bits per heavy atom. The second kappa shape index (κ2) is 9.87. The first kappa shape index (κ1) is 24.2. The van der Waals surface area contributed by atoms with E-state index in [-0.39, 0.29) is 23.9 Å². The molecule has 4 aromatic rings. The summed E-state index contributed by atoms with van der Waals surface area (Å²) in [6, 6.07) is 20.2. The highest BCUT2D eigenvalue weighted by molar-refractivity contribution is 7.89. The molecule has 1 aromatic heterocycles. The van der Waals surface area contributed by atoms with E-state index < -0.39 is 16.1 Å². The van der Waals surface area contributed by atoms with Gasteiger partial charge in [0, 0.05) is 16.6 Å². The number of amides is 1. The number of hydrogen-bond acceptors (Lipinski definition) is 5. The zero-order valence-corrected chi connectivity index (χ0v) is 21.6. The van der Waals surface area contributed by atoms with Gasteiger partial charge in [-0.2, -0.15) is 4.31 Å². The normalized spacial score (nSPS) is 16.6. The quantitative estimate of drug-likeness (QED) is 0.298. The van der Waals surface area contributed by atoms with Crippen molar-refractivity contribution >= 4 is 65.8 Å². The number of aromatic nitrogens is 1. The lowest BCUT2D eigenvalue weighted by Crippen LogP contribution is -2.47. The minimum Gasteiger partial charge on any atom is -0.282 e. The Morgan fingerprint density at radius 2 is 1.74 bits per heavy atom. The van der Waals surface area contributed by atoms with E-state index in [1.807, 2.05) is 42.5 Å². The van der Waals surface area contributed by atoms with Crippen LogP contribution in [-0.4, -0.2) is 36.2 Å². The van der Waals surface area contributed by atoms with E-state index in [1.165, 1.54) is 39.9 Å². The molecular formula is C25H21Cl2N3O3S2. The van der Waals surface area contributed by atoms with Crippen LogP contribution in [0.15, 0.2) is 77.7 Å². The van der Waals surface area contributed by atoms with Gasteiger partial charge in [-0.3, -0.25) is 9.69 Å². The number of thiazole rings is 1. The number of fused-ring (bicyclic) bond motifs is 1. The predicted octanol–water partition coefficient (Wildman–Crippen LogP) is 5.99. The van der Waals surface area contributed by atoms with Crippen molar-refractivity contribution in [3.63, 3.8) is 0 Å². The third kappa shape index (κ3) is 4.94. The van der Waals surface area contributed by atoms with Crippen molar-refractivity contribution in [1.29, 1.82) is 0 Å². The van der Waals surface area contributed by atoms with Crippen LogP contribution in [0.3, 0.4) is 0 Å². The summed E-state index contributed by atoms with van der Waals surface area (Å²) in [4.78, 5) is 20.4. The van der Waals surface area contributed by atoms with Crippen molar-refractivity contribution in [2.24, 2.45) is 0 Å². The molecule has 0 N–H and O–H groups in total. The average molecular weight is 547 g/mol. The van der Waals surface area contributed by atoms with E-state index in [1.54, 1.807) is 11.0 Å². The Balaban J connectivity index is 1.52. The van der Waals surface area contributed by atoms with Crippen LogP contribution in [0.25, 0.3) is 10.2 Å². The fourth-order valence-corrected chi connectivity index (χ4v) is 7.23. The molecule has 35 heavy (non-hydrogen) atoms. The van der Waals surface area contributed by atoms with Crippen LogP contribution >= 0.6 is 34.5 Å². The average Bonchev–Trinajstić information content (AvgIpc) is 3.50. The molecular weight excluding hydrogens is 525 g/mol. The molecule has 1 atom stereocenters. The van der Waals surface area contributed by atoms with Crippen LogP contribution in [0.1, 0.15) is 18.4 Å². The highest BCUT2D eigenvalue weighted by Gasteiger charge is 2.42. The van der Waals surface area contributed by atoms with Crippen molar-refractivity contribution in [3.8, 4) is 0 Å². The monoisotopic (exact) mass is 545 g/mol. The van der Waals surface area contributed by atoms with Gasteiger partial charge in [-0.05, 0) is 60.9 Å². The maximum absolute atomic E-state index is 14.0. The molecule has 1 fully saturated rings. The number of benzene rings is 3. The van der Waals surface area contributed by atoms with Crippen molar-refractivity contribution in [1.82, 2.24) is 9.29 Å². The Labute approximate surface area is 217 Å². The van der Waals surface area contributed by atoms with E-state index in [0.717, 1.165) is 15.8 Å².